The summed E-state index contributed by atoms with van der Waals surface area (Å²) < 4.78 is 3.25. The molecule has 1 saturated heterocycles. The van der Waals surface area contributed by atoms with Crippen LogP contribution < -0.4 is 4.90 Å². The molecule has 1 amide bonds. The molecule has 1 atom stereocenters. The molecule has 1 aliphatic heterocycles. The van der Waals surface area contributed by atoms with Crippen LogP contribution in [0.3, 0.4) is 0 Å². The van der Waals surface area contributed by atoms with Gasteiger partial charge in [-0.05, 0) is 60.9 Å². The second-order valence-corrected chi connectivity index (χ2v) is 13.0. The zero-order valence-corrected chi connectivity index (χ0v) is 25.7. The molecule has 0 spiro atoms. The van der Waals surface area contributed by atoms with Crippen molar-refractivity contribution >= 4 is 78.9 Å². The first kappa shape index (κ1) is 27.6. The van der Waals surface area contributed by atoms with E-state index in [2.05, 4.69) is 31.1 Å². The first-order chi connectivity index (χ1) is 19.7. The summed E-state index contributed by atoms with van der Waals surface area (Å²) in [5, 5.41) is 21.1. The molecule has 3 aromatic heterocycles. The van der Waals surface area contributed by atoms with E-state index in [4.69, 9.17) is 11.6 Å². The number of hydrogen-bond acceptors (Lipinski definition) is 8. The maximum absolute atomic E-state index is 13.6. The van der Waals surface area contributed by atoms with Gasteiger partial charge in [-0.25, -0.2) is 4.98 Å². The number of rotatable bonds is 6. The second-order valence-electron chi connectivity index (χ2n) is 9.42. The maximum atomic E-state index is 13.6. The van der Waals surface area contributed by atoms with Gasteiger partial charge in [-0.1, -0.05) is 81.0 Å². The number of benzene rings is 2. The van der Waals surface area contributed by atoms with E-state index in [0.29, 0.717) is 32.0 Å². The average Bonchev–Trinajstić information content (AvgIpc) is 3.63. The van der Waals surface area contributed by atoms with Crippen molar-refractivity contribution in [2.24, 2.45) is 0 Å². The van der Waals surface area contributed by atoms with Crippen LogP contribution in [0.2, 0.25) is 5.02 Å². The lowest BCUT2D eigenvalue weighted by Crippen LogP contribution is -2.29. The monoisotopic (exact) mass is 665 g/mol. The molecule has 1 N–H and O–H groups in total. The van der Waals surface area contributed by atoms with E-state index in [-0.39, 0.29) is 22.2 Å². The van der Waals surface area contributed by atoms with Crippen LogP contribution in [-0.4, -0.2) is 36.4 Å². The van der Waals surface area contributed by atoms with E-state index in [1.54, 1.807) is 6.07 Å². The minimum Gasteiger partial charge on any atom is -0.505 e. The largest absolute Gasteiger partial charge is 0.505 e. The fourth-order valence-electron chi connectivity index (χ4n) is 4.78. The van der Waals surface area contributed by atoms with E-state index in [9.17, 15) is 14.7 Å². The van der Waals surface area contributed by atoms with Crippen LogP contribution in [0.4, 0.5) is 5.13 Å². The lowest BCUT2D eigenvalue weighted by molar-refractivity contribution is -0.132. The van der Waals surface area contributed by atoms with E-state index in [1.807, 2.05) is 79.0 Å². The molecule has 0 radical (unpaired) electrons. The number of nitrogens with zero attached hydrogens (tertiary/aromatic N) is 5. The third-order valence-corrected chi connectivity index (χ3v) is 9.67. The summed E-state index contributed by atoms with van der Waals surface area (Å²) in [6.45, 7) is 3.73. The lowest BCUT2D eigenvalue weighted by Gasteiger charge is -2.22. The number of hydrogen-bond donors (Lipinski definition) is 1. The van der Waals surface area contributed by atoms with Crippen molar-refractivity contribution in [1.82, 2.24) is 19.6 Å². The predicted molar refractivity (Wildman–Crippen MR) is 165 cm³/mol. The van der Waals surface area contributed by atoms with Gasteiger partial charge in [0.05, 0.1) is 17.3 Å². The molecule has 0 bridgehead atoms. The molecule has 0 aliphatic carbocycles. The normalized spacial score (nSPS) is 16.7. The highest BCUT2D eigenvalue weighted by Crippen LogP contribution is 2.44. The van der Waals surface area contributed by atoms with E-state index in [1.165, 1.54) is 28.0 Å². The fourth-order valence-corrected chi connectivity index (χ4v) is 7.15. The summed E-state index contributed by atoms with van der Waals surface area (Å²) in [6.07, 6.45) is 1.84. The van der Waals surface area contributed by atoms with Crippen LogP contribution >= 0.6 is 50.6 Å². The Morgan fingerprint density at radius 3 is 2.61 bits per heavy atom. The molecule has 6 rings (SSSR count). The number of aliphatic hydroxyl groups excluding tert-OH is 1. The molecule has 2 aromatic carbocycles. The van der Waals surface area contributed by atoms with Crippen molar-refractivity contribution in [3.05, 3.63) is 110 Å². The third kappa shape index (κ3) is 5.07. The van der Waals surface area contributed by atoms with Gasteiger partial charge in [0.25, 0.3) is 5.78 Å². The number of anilines is 1. The highest BCUT2D eigenvalue weighted by molar-refractivity contribution is 9.10. The number of aromatic nitrogens is 4. The molecular weight excluding hydrogens is 646 g/mol. The number of ketones is 1. The maximum Gasteiger partial charge on any atom is 0.301 e. The Balaban J connectivity index is 1.43. The Bertz CT molecular complexity index is 1870. The Morgan fingerprint density at radius 2 is 1.88 bits per heavy atom. The third-order valence-electron chi connectivity index (χ3n) is 6.79. The number of fused-ring (bicyclic) bond motifs is 1. The van der Waals surface area contributed by atoms with Crippen LogP contribution in [-0.2, 0) is 15.3 Å². The average molecular weight is 667 g/mol. The number of aryl methyl sites for hydroxylation is 2. The molecule has 8 nitrogen and oxygen atoms in total. The Kier molecular flexibility index (Phi) is 7.45. The van der Waals surface area contributed by atoms with Crippen molar-refractivity contribution in [2.75, 3.05) is 4.90 Å². The number of thioether (sulfide) groups is 1. The van der Waals surface area contributed by atoms with Gasteiger partial charge in [-0.15, -0.1) is 10.2 Å². The quantitative estimate of drug-likeness (QED) is 0.0676. The van der Waals surface area contributed by atoms with Crippen molar-refractivity contribution in [3.63, 3.8) is 0 Å². The van der Waals surface area contributed by atoms with Crippen molar-refractivity contribution in [2.45, 2.75) is 30.0 Å². The van der Waals surface area contributed by atoms with E-state index < -0.39 is 17.7 Å². The van der Waals surface area contributed by atoms with Crippen molar-refractivity contribution in [3.8, 4) is 0 Å². The molecule has 12 heteroatoms. The summed E-state index contributed by atoms with van der Waals surface area (Å²) in [4.78, 5) is 33.1. The topological polar surface area (TPSA) is 101 Å². The van der Waals surface area contributed by atoms with Crippen LogP contribution in [0.1, 0.15) is 34.1 Å². The minimum atomic E-state index is -0.931. The highest BCUT2D eigenvalue weighted by atomic mass is 79.9. The van der Waals surface area contributed by atoms with Crippen molar-refractivity contribution in [1.29, 1.82) is 0 Å². The van der Waals surface area contributed by atoms with Gasteiger partial charge in [0, 0.05) is 21.4 Å². The Labute approximate surface area is 256 Å². The molecule has 4 heterocycles. The number of carbonyl (C=O) groups excluding carboxylic acids is 2. The van der Waals surface area contributed by atoms with Gasteiger partial charge < -0.3 is 9.51 Å². The van der Waals surface area contributed by atoms with Gasteiger partial charge in [0.2, 0.25) is 5.13 Å². The number of amides is 1. The van der Waals surface area contributed by atoms with Gasteiger partial charge in [-0.2, -0.15) is 0 Å². The molecular formula is C29H21BrClN5O3S2. The SMILES string of the molecule is Cc1cccn2c(C)c(/C(O)=C3\C(=O)C(=O)N(c4nnc(SCc5ccc(Cl)cc5)s4)C3c3cccc(Br)c3)nc12. The zero-order valence-electron chi connectivity index (χ0n) is 21.7. The number of aliphatic hydroxyl groups is 1. The standard InChI is InChI=1S/C29H21BrClN5O3S2/c1-15-5-4-12-35-16(2)22(32-26(15)35)24(37)21-23(18-6-3-7-19(30)13-18)36(27(39)25(21)38)28-33-34-29(41-28)40-14-17-8-10-20(31)11-9-17/h3-13,23,37H,14H2,1-2H3/b24-21+. The van der Waals surface area contributed by atoms with E-state index >= 15 is 0 Å². The number of pyridine rings is 1. The zero-order chi connectivity index (χ0) is 28.8. The fraction of sp³-hybridized carbons (Fsp3) is 0.138. The number of Topliss-reactive ketones (excluding diaryl/α,β-unsaturated/α-hetero) is 1. The van der Waals surface area contributed by atoms with Gasteiger partial charge >= 0.3 is 5.91 Å². The first-order valence-electron chi connectivity index (χ1n) is 12.4. The van der Waals surface area contributed by atoms with Crippen molar-refractivity contribution < 1.29 is 14.7 Å². The predicted octanol–water partition coefficient (Wildman–Crippen LogP) is 7.14. The molecule has 206 valence electrons. The second kappa shape index (κ2) is 11.1. The van der Waals surface area contributed by atoms with Crippen LogP contribution in [0.15, 0.2) is 81.2 Å². The van der Waals surface area contributed by atoms with E-state index in [0.717, 1.165) is 15.6 Å². The van der Waals surface area contributed by atoms with Crippen LogP contribution in [0.25, 0.3) is 11.4 Å². The number of imidazole rings is 1. The Hall–Kier alpha value is -3.51. The summed E-state index contributed by atoms with van der Waals surface area (Å²) in [5.74, 6) is -1.31. The molecule has 1 unspecified atom stereocenters. The highest BCUT2D eigenvalue weighted by Gasteiger charge is 2.49. The minimum absolute atomic E-state index is 0.0529. The smallest absolute Gasteiger partial charge is 0.301 e. The molecule has 41 heavy (non-hydrogen) atoms. The molecule has 0 saturated carbocycles. The molecule has 1 aliphatic rings. The Morgan fingerprint density at radius 1 is 1.10 bits per heavy atom. The van der Waals surface area contributed by atoms with Crippen LogP contribution in [0.5, 0.6) is 0 Å². The first-order valence-corrected chi connectivity index (χ1v) is 15.4. The summed E-state index contributed by atoms with van der Waals surface area (Å²) in [7, 11) is 0. The lowest BCUT2D eigenvalue weighted by atomic mass is 9.96. The number of halogens is 2. The van der Waals surface area contributed by atoms with Crippen LogP contribution in [0, 0.1) is 13.8 Å². The molecule has 1 fully saturated rings. The summed E-state index contributed by atoms with van der Waals surface area (Å²) >= 11 is 12.2. The number of carbonyl (C=O) groups is 2. The van der Waals surface area contributed by atoms with Gasteiger partial charge in [0.1, 0.15) is 11.3 Å². The van der Waals surface area contributed by atoms with Gasteiger partial charge in [-0.3, -0.25) is 14.5 Å². The summed E-state index contributed by atoms with van der Waals surface area (Å²) in [5.41, 5.74) is 4.10. The van der Waals surface area contributed by atoms with Gasteiger partial charge in [0.15, 0.2) is 10.1 Å². The summed E-state index contributed by atoms with van der Waals surface area (Å²) in [6, 6.07) is 17.7. The molecule has 5 aromatic rings.